The van der Waals surface area contributed by atoms with E-state index in [9.17, 15) is 4.79 Å². The molecule has 0 aromatic heterocycles. The molecule has 0 bridgehead atoms. The van der Waals surface area contributed by atoms with Gasteiger partial charge in [-0.25, -0.2) is 0 Å². The van der Waals surface area contributed by atoms with Gasteiger partial charge in [-0.1, -0.05) is 15.9 Å². The van der Waals surface area contributed by atoms with E-state index in [1.165, 1.54) is 0 Å². The summed E-state index contributed by atoms with van der Waals surface area (Å²) in [5, 5.41) is 0. The second-order valence-electron chi connectivity index (χ2n) is 3.80. The van der Waals surface area contributed by atoms with Gasteiger partial charge < -0.3 is 4.74 Å². The van der Waals surface area contributed by atoms with Gasteiger partial charge in [-0.15, -0.1) is 0 Å². The zero-order chi connectivity index (χ0) is 14.0. The summed E-state index contributed by atoms with van der Waals surface area (Å²) in [6.07, 6.45) is 0. The highest BCUT2D eigenvalue weighted by Crippen LogP contribution is 2.27. The fourth-order valence-corrected chi connectivity index (χ4v) is 3.10. The molecule has 0 spiro atoms. The smallest absolute Gasteiger partial charge is 0.195 e. The molecule has 0 amide bonds. The number of carbonyl (C=O) groups excluding carboxylic acids is 1. The summed E-state index contributed by atoms with van der Waals surface area (Å²) in [5.41, 5.74) is 1.30. The molecule has 5 heteroatoms. The maximum absolute atomic E-state index is 12.5. The molecule has 2 aromatic rings. The average Bonchev–Trinajstić information content (AvgIpc) is 2.40. The van der Waals surface area contributed by atoms with E-state index in [2.05, 4.69) is 54.5 Å². The van der Waals surface area contributed by atoms with E-state index in [1.54, 1.807) is 25.3 Å². The highest BCUT2D eigenvalue weighted by molar-refractivity contribution is 14.1. The summed E-state index contributed by atoms with van der Waals surface area (Å²) in [6, 6.07) is 11.0. The lowest BCUT2D eigenvalue weighted by Crippen LogP contribution is -2.05. The zero-order valence-corrected chi connectivity index (χ0v) is 15.2. The van der Waals surface area contributed by atoms with Crippen LogP contribution in [0.2, 0.25) is 0 Å². The van der Waals surface area contributed by atoms with Crippen LogP contribution in [0.15, 0.2) is 45.3 Å². The van der Waals surface area contributed by atoms with Crippen molar-refractivity contribution in [3.8, 4) is 5.75 Å². The maximum Gasteiger partial charge on any atom is 0.195 e. The summed E-state index contributed by atoms with van der Waals surface area (Å²) in [6.45, 7) is 0. The molecular formula is C14H9Br2IO2. The number of hydrogen-bond donors (Lipinski definition) is 0. The molecule has 0 saturated carbocycles. The Morgan fingerprint density at radius 3 is 2.47 bits per heavy atom. The fraction of sp³-hybridized carbons (Fsp3) is 0.0714. The minimum absolute atomic E-state index is 0.0137. The molecule has 19 heavy (non-hydrogen) atoms. The minimum atomic E-state index is -0.0137. The van der Waals surface area contributed by atoms with E-state index in [0.717, 1.165) is 12.5 Å². The molecule has 0 N–H and O–H groups in total. The summed E-state index contributed by atoms with van der Waals surface area (Å²) in [4.78, 5) is 12.5. The predicted octanol–water partition coefficient (Wildman–Crippen LogP) is 5.06. The van der Waals surface area contributed by atoms with Gasteiger partial charge in [0.25, 0.3) is 0 Å². The molecule has 98 valence electrons. The molecule has 0 radical (unpaired) electrons. The molecule has 0 saturated heterocycles. The predicted molar refractivity (Wildman–Crippen MR) is 91.0 cm³/mol. The Bertz CT molecular complexity index is 641. The number of carbonyl (C=O) groups is 1. The van der Waals surface area contributed by atoms with E-state index in [0.29, 0.717) is 16.9 Å². The van der Waals surface area contributed by atoms with Crippen molar-refractivity contribution in [1.82, 2.24) is 0 Å². The first kappa shape index (κ1) is 15.0. The van der Waals surface area contributed by atoms with Crippen molar-refractivity contribution < 1.29 is 9.53 Å². The van der Waals surface area contributed by atoms with Crippen LogP contribution in [-0.4, -0.2) is 12.9 Å². The minimum Gasteiger partial charge on any atom is -0.497 e. The van der Waals surface area contributed by atoms with E-state index in [1.807, 2.05) is 18.2 Å². The molecule has 2 nitrogen and oxygen atoms in total. The quantitative estimate of drug-likeness (QED) is 0.440. The first-order valence-electron chi connectivity index (χ1n) is 5.36. The van der Waals surface area contributed by atoms with Gasteiger partial charge in [0, 0.05) is 23.6 Å². The van der Waals surface area contributed by atoms with Crippen LogP contribution in [0.1, 0.15) is 15.9 Å². The molecule has 0 heterocycles. The van der Waals surface area contributed by atoms with Gasteiger partial charge in [-0.3, -0.25) is 4.79 Å². The summed E-state index contributed by atoms with van der Waals surface area (Å²) >= 11 is 8.97. The lowest BCUT2D eigenvalue weighted by Gasteiger charge is -2.08. The highest BCUT2D eigenvalue weighted by Gasteiger charge is 2.16. The van der Waals surface area contributed by atoms with Crippen molar-refractivity contribution in [3.63, 3.8) is 0 Å². The monoisotopic (exact) mass is 494 g/mol. The van der Waals surface area contributed by atoms with Crippen molar-refractivity contribution in [2.24, 2.45) is 0 Å². The van der Waals surface area contributed by atoms with Gasteiger partial charge in [0.15, 0.2) is 5.78 Å². The third-order valence-corrected chi connectivity index (χ3v) is 4.68. The van der Waals surface area contributed by atoms with Crippen molar-refractivity contribution in [2.75, 3.05) is 7.11 Å². The molecule has 2 aromatic carbocycles. The molecule has 2 rings (SSSR count). The molecule has 0 aliphatic heterocycles. The van der Waals surface area contributed by atoms with Crippen LogP contribution < -0.4 is 4.74 Å². The Balaban J connectivity index is 2.47. The van der Waals surface area contributed by atoms with Crippen molar-refractivity contribution in [1.29, 1.82) is 0 Å². The topological polar surface area (TPSA) is 26.3 Å². The van der Waals surface area contributed by atoms with Gasteiger partial charge in [-0.05, 0) is 74.9 Å². The SMILES string of the molecule is COc1ccc(C(=O)c2cc(Br)ccc2I)c(Br)c1. The fourth-order valence-electron chi connectivity index (χ4n) is 1.62. The van der Waals surface area contributed by atoms with Gasteiger partial charge in [0.2, 0.25) is 0 Å². The lowest BCUT2D eigenvalue weighted by molar-refractivity contribution is 0.103. The van der Waals surface area contributed by atoms with Crippen LogP contribution in [0.4, 0.5) is 0 Å². The highest BCUT2D eigenvalue weighted by atomic mass is 127. The number of hydrogen-bond acceptors (Lipinski definition) is 2. The molecule has 0 aliphatic rings. The molecular weight excluding hydrogens is 487 g/mol. The largest absolute Gasteiger partial charge is 0.497 e. The van der Waals surface area contributed by atoms with Gasteiger partial charge >= 0.3 is 0 Å². The number of ether oxygens (including phenoxy) is 1. The third-order valence-electron chi connectivity index (χ3n) is 2.59. The van der Waals surface area contributed by atoms with Crippen molar-refractivity contribution in [2.45, 2.75) is 0 Å². The average molecular weight is 496 g/mol. The van der Waals surface area contributed by atoms with Gasteiger partial charge in [0.1, 0.15) is 5.75 Å². The summed E-state index contributed by atoms with van der Waals surface area (Å²) in [5.74, 6) is 0.701. The Hall–Kier alpha value is -0.400. The Kier molecular flexibility index (Phi) is 5.03. The normalized spacial score (nSPS) is 10.3. The Morgan fingerprint density at radius 2 is 1.84 bits per heavy atom. The van der Waals surface area contributed by atoms with E-state index in [-0.39, 0.29) is 5.78 Å². The number of halogens is 3. The maximum atomic E-state index is 12.5. The van der Waals surface area contributed by atoms with Gasteiger partial charge in [0.05, 0.1) is 7.11 Å². The van der Waals surface area contributed by atoms with Crippen molar-refractivity contribution in [3.05, 3.63) is 60.0 Å². The lowest BCUT2D eigenvalue weighted by atomic mass is 10.0. The van der Waals surface area contributed by atoms with Crippen molar-refractivity contribution >= 4 is 60.2 Å². The second-order valence-corrected chi connectivity index (χ2v) is 6.73. The zero-order valence-electron chi connectivity index (χ0n) is 9.91. The Labute approximate surface area is 141 Å². The first-order chi connectivity index (χ1) is 9.02. The van der Waals surface area contributed by atoms with E-state index >= 15 is 0 Å². The van der Waals surface area contributed by atoms with Gasteiger partial charge in [-0.2, -0.15) is 0 Å². The summed E-state index contributed by atoms with van der Waals surface area (Å²) < 4.78 is 7.67. The van der Waals surface area contributed by atoms with Crippen LogP contribution in [0.3, 0.4) is 0 Å². The van der Waals surface area contributed by atoms with Crippen LogP contribution in [0.5, 0.6) is 5.75 Å². The molecule has 0 aliphatic carbocycles. The first-order valence-corrected chi connectivity index (χ1v) is 8.02. The molecule has 0 atom stereocenters. The van der Waals surface area contributed by atoms with Crippen LogP contribution in [0.25, 0.3) is 0 Å². The van der Waals surface area contributed by atoms with Crippen LogP contribution >= 0.6 is 54.5 Å². The third kappa shape index (κ3) is 3.38. The van der Waals surface area contributed by atoms with E-state index in [4.69, 9.17) is 4.74 Å². The Morgan fingerprint density at radius 1 is 1.11 bits per heavy atom. The molecule has 0 fully saturated rings. The number of ketones is 1. The van der Waals surface area contributed by atoms with Crippen LogP contribution in [0, 0.1) is 3.57 Å². The number of rotatable bonds is 3. The standard InChI is InChI=1S/C14H9Br2IO2/c1-19-9-3-4-10(12(16)7-9)14(18)11-6-8(15)2-5-13(11)17/h2-7H,1H3. The number of methoxy groups -OCH3 is 1. The number of benzene rings is 2. The van der Waals surface area contributed by atoms with Crippen LogP contribution in [-0.2, 0) is 0 Å². The second kappa shape index (κ2) is 6.37. The summed E-state index contributed by atoms with van der Waals surface area (Å²) in [7, 11) is 1.60. The van der Waals surface area contributed by atoms with E-state index < -0.39 is 0 Å². The molecule has 0 unspecified atom stereocenters.